The lowest BCUT2D eigenvalue weighted by atomic mass is 10.2. The van der Waals surface area contributed by atoms with Gasteiger partial charge in [-0.15, -0.1) is 11.3 Å². The molecule has 0 fully saturated rings. The lowest BCUT2D eigenvalue weighted by molar-refractivity contribution is 0.210. The van der Waals surface area contributed by atoms with E-state index in [9.17, 15) is 0 Å². The number of halogens is 2. The molecule has 2 rings (SSSR count). The number of hydrogen-bond donors (Lipinski definition) is 2. The summed E-state index contributed by atoms with van der Waals surface area (Å²) in [7, 11) is 1.66. The van der Waals surface area contributed by atoms with E-state index < -0.39 is 0 Å². The summed E-state index contributed by atoms with van der Waals surface area (Å²) in [6.45, 7) is 1.34. The number of nitrogens with zero attached hydrogens (tertiary/aromatic N) is 1. The van der Waals surface area contributed by atoms with Gasteiger partial charge in [0, 0.05) is 25.3 Å². The Labute approximate surface area is 113 Å². The van der Waals surface area contributed by atoms with Gasteiger partial charge >= 0.3 is 0 Å². The number of nitrogens with one attached hydrogen (secondary N) is 2. The molecule has 4 nitrogen and oxygen atoms in total. The number of aromatic nitrogens is 2. The zero-order chi connectivity index (χ0) is 12.3. The van der Waals surface area contributed by atoms with Gasteiger partial charge in [0.05, 0.1) is 16.6 Å². The molecule has 0 aromatic carbocycles. The summed E-state index contributed by atoms with van der Waals surface area (Å²) in [4.78, 5) is 0. The second kappa shape index (κ2) is 5.73. The molecule has 17 heavy (non-hydrogen) atoms. The van der Waals surface area contributed by atoms with E-state index in [4.69, 9.17) is 27.9 Å². The minimum absolute atomic E-state index is 0.632. The molecule has 92 valence electrons. The highest BCUT2D eigenvalue weighted by Gasteiger charge is 2.10. The first-order valence-corrected chi connectivity index (χ1v) is 6.51. The predicted molar refractivity (Wildman–Crippen MR) is 72.3 cm³/mol. The van der Waals surface area contributed by atoms with Crippen LogP contribution in [0.1, 0.15) is 0 Å². The van der Waals surface area contributed by atoms with Gasteiger partial charge in [0.2, 0.25) is 0 Å². The van der Waals surface area contributed by atoms with Gasteiger partial charge in [0.25, 0.3) is 0 Å². The molecular formula is C10H11Cl2N3OS. The van der Waals surface area contributed by atoms with Crippen LogP contribution in [-0.2, 0) is 4.74 Å². The van der Waals surface area contributed by atoms with E-state index in [-0.39, 0.29) is 0 Å². The van der Waals surface area contributed by atoms with Crippen molar-refractivity contribution in [1.29, 1.82) is 0 Å². The van der Waals surface area contributed by atoms with Crippen LogP contribution in [0.15, 0.2) is 12.1 Å². The van der Waals surface area contributed by atoms with Gasteiger partial charge in [-0.05, 0) is 6.07 Å². The Bertz CT molecular complexity index is 497. The van der Waals surface area contributed by atoms with Gasteiger partial charge in [-0.3, -0.25) is 5.10 Å². The summed E-state index contributed by atoms with van der Waals surface area (Å²) in [6.07, 6.45) is 0. The van der Waals surface area contributed by atoms with Gasteiger partial charge in [0.15, 0.2) is 0 Å². The van der Waals surface area contributed by atoms with Crippen molar-refractivity contribution in [3.8, 4) is 11.3 Å². The van der Waals surface area contributed by atoms with Crippen LogP contribution in [0.2, 0.25) is 8.67 Å². The summed E-state index contributed by atoms with van der Waals surface area (Å²) < 4.78 is 6.26. The van der Waals surface area contributed by atoms with Crippen LogP contribution in [0.25, 0.3) is 11.3 Å². The quantitative estimate of drug-likeness (QED) is 0.829. The van der Waals surface area contributed by atoms with E-state index in [2.05, 4.69) is 15.5 Å². The van der Waals surface area contributed by atoms with Gasteiger partial charge < -0.3 is 10.1 Å². The predicted octanol–water partition coefficient (Wildman–Crippen LogP) is 3.50. The Hall–Kier alpha value is -0.750. The van der Waals surface area contributed by atoms with Gasteiger partial charge in [-0.2, -0.15) is 5.10 Å². The van der Waals surface area contributed by atoms with Crippen molar-refractivity contribution in [2.24, 2.45) is 0 Å². The first kappa shape index (κ1) is 12.7. The van der Waals surface area contributed by atoms with Crippen LogP contribution in [0, 0.1) is 0 Å². The van der Waals surface area contributed by atoms with Crippen LogP contribution in [0.4, 0.5) is 5.82 Å². The third-order valence-corrected chi connectivity index (χ3v) is 3.62. The van der Waals surface area contributed by atoms with Gasteiger partial charge in [0.1, 0.15) is 10.2 Å². The maximum absolute atomic E-state index is 6.06. The molecule has 0 saturated carbocycles. The monoisotopic (exact) mass is 291 g/mol. The lowest BCUT2D eigenvalue weighted by Crippen LogP contribution is -2.07. The molecule has 2 aromatic rings. The zero-order valence-corrected chi connectivity index (χ0v) is 11.4. The molecule has 0 amide bonds. The van der Waals surface area contributed by atoms with Crippen LogP contribution < -0.4 is 5.32 Å². The minimum atomic E-state index is 0.632. The fraction of sp³-hybridized carbons (Fsp3) is 0.300. The molecular weight excluding hydrogens is 281 g/mol. The van der Waals surface area contributed by atoms with E-state index in [1.165, 1.54) is 11.3 Å². The Morgan fingerprint density at radius 1 is 1.47 bits per heavy atom. The molecule has 0 aliphatic rings. The Balaban J connectivity index is 2.10. The van der Waals surface area contributed by atoms with Crippen molar-refractivity contribution in [2.75, 3.05) is 25.6 Å². The zero-order valence-electron chi connectivity index (χ0n) is 9.09. The standard InChI is InChI=1S/C10H11Cl2N3OS/c1-16-3-2-13-9-5-7(14-15-9)6-4-8(11)17-10(6)12/h4-5H,2-3H2,1H3,(H2,13,14,15). The van der Waals surface area contributed by atoms with Crippen molar-refractivity contribution in [3.63, 3.8) is 0 Å². The third kappa shape index (κ3) is 3.13. The molecule has 0 spiro atoms. The number of H-pyrrole nitrogens is 1. The highest BCUT2D eigenvalue weighted by Crippen LogP contribution is 2.37. The number of anilines is 1. The molecule has 2 heterocycles. The summed E-state index contributed by atoms with van der Waals surface area (Å²) in [5.41, 5.74) is 1.71. The Kier molecular flexibility index (Phi) is 4.28. The van der Waals surface area contributed by atoms with Crippen molar-refractivity contribution < 1.29 is 4.74 Å². The Morgan fingerprint density at radius 2 is 2.29 bits per heavy atom. The van der Waals surface area contributed by atoms with E-state index in [0.717, 1.165) is 17.1 Å². The average molecular weight is 292 g/mol. The number of ether oxygens (including phenoxy) is 1. The van der Waals surface area contributed by atoms with Crippen LogP contribution in [0.5, 0.6) is 0 Å². The summed E-state index contributed by atoms with van der Waals surface area (Å²) in [6, 6.07) is 3.71. The average Bonchev–Trinajstić information content (AvgIpc) is 2.86. The maximum atomic E-state index is 6.06. The minimum Gasteiger partial charge on any atom is -0.383 e. The highest BCUT2D eigenvalue weighted by molar-refractivity contribution is 7.20. The van der Waals surface area contributed by atoms with Crippen molar-refractivity contribution >= 4 is 40.4 Å². The van der Waals surface area contributed by atoms with Crippen LogP contribution in [-0.4, -0.2) is 30.5 Å². The first-order chi connectivity index (χ1) is 8.20. The topological polar surface area (TPSA) is 49.9 Å². The van der Waals surface area contributed by atoms with Crippen LogP contribution in [0.3, 0.4) is 0 Å². The van der Waals surface area contributed by atoms with E-state index in [1.54, 1.807) is 7.11 Å². The largest absolute Gasteiger partial charge is 0.383 e. The molecule has 0 aliphatic heterocycles. The smallest absolute Gasteiger partial charge is 0.148 e. The van der Waals surface area contributed by atoms with Gasteiger partial charge in [-0.1, -0.05) is 23.2 Å². The van der Waals surface area contributed by atoms with E-state index in [0.29, 0.717) is 21.8 Å². The van der Waals surface area contributed by atoms with Gasteiger partial charge in [-0.25, -0.2) is 0 Å². The second-order valence-corrected chi connectivity index (χ2v) is 5.61. The molecule has 0 bridgehead atoms. The molecule has 0 saturated heterocycles. The van der Waals surface area contributed by atoms with E-state index >= 15 is 0 Å². The number of rotatable bonds is 5. The molecule has 0 atom stereocenters. The number of aromatic amines is 1. The molecule has 0 unspecified atom stereocenters. The fourth-order valence-corrected chi connectivity index (χ4v) is 2.85. The molecule has 7 heteroatoms. The third-order valence-electron chi connectivity index (χ3n) is 2.14. The second-order valence-electron chi connectivity index (χ2n) is 3.32. The molecule has 2 aromatic heterocycles. The van der Waals surface area contributed by atoms with Crippen LogP contribution >= 0.6 is 34.5 Å². The summed E-state index contributed by atoms with van der Waals surface area (Å²) in [5.74, 6) is 0.760. The molecule has 0 aliphatic carbocycles. The number of hydrogen-bond acceptors (Lipinski definition) is 4. The normalized spacial score (nSPS) is 10.8. The van der Waals surface area contributed by atoms with Crippen molar-refractivity contribution in [3.05, 3.63) is 20.8 Å². The lowest BCUT2D eigenvalue weighted by Gasteiger charge is -1.99. The summed E-state index contributed by atoms with van der Waals surface area (Å²) >= 11 is 13.3. The SMILES string of the molecule is COCCNc1cc(-c2cc(Cl)sc2Cl)[nH]n1. The Morgan fingerprint density at radius 3 is 2.94 bits per heavy atom. The maximum Gasteiger partial charge on any atom is 0.148 e. The first-order valence-electron chi connectivity index (χ1n) is 4.94. The number of methoxy groups -OCH3 is 1. The highest BCUT2D eigenvalue weighted by atomic mass is 35.5. The number of thiophene rings is 1. The molecule has 2 N–H and O–H groups in total. The van der Waals surface area contributed by atoms with E-state index in [1.807, 2.05) is 12.1 Å². The summed E-state index contributed by atoms with van der Waals surface area (Å²) in [5, 5.41) is 10.2. The fourth-order valence-electron chi connectivity index (χ4n) is 1.36. The molecule has 0 radical (unpaired) electrons. The van der Waals surface area contributed by atoms with Crippen molar-refractivity contribution in [1.82, 2.24) is 10.2 Å². The van der Waals surface area contributed by atoms with Crippen molar-refractivity contribution in [2.45, 2.75) is 0 Å².